The zero-order valence-corrected chi connectivity index (χ0v) is 10.7. The highest BCUT2D eigenvalue weighted by atomic mass is 32.2. The molecule has 0 aliphatic heterocycles. The molecule has 2 atom stereocenters. The molecular weight excluding hydrogens is 202 g/mol. The molecule has 0 heterocycles. The van der Waals surface area contributed by atoms with Crippen molar-refractivity contribution >= 4 is 11.8 Å². The van der Waals surface area contributed by atoms with E-state index in [1.54, 1.807) is 0 Å². The standard InChI is InChI=1S/C13H23NS/c1-2-3-7-10-15-13-9-6-4-5-8-12(13)11-14/h12-13H,2-10H2,1H3. The van der Waals surface area contributed by atoms with Gasteiger partial charge in [-0.1, -0.05) is 39.0 Å². The molecular formula is C13H23NS. The van der Waals surface area contributed by atoms with Gasteiger partial charge in [-0.05, 0) is 25.0 Å². The van der Waals surface area contributed by atoms with Crippen molar-refractivity contribution in [2.75, 3.05) is 5.75 Å². The molecule has 1 nitrogen and oxygen atoms in total. The summed E-state index contributed by atoms with van der Waals surface area (Å²) in [7, 11) is 0. The first kappa shape index (κ1) is 12.9. The maximum absolute atomic E-state index is 9.13. The van der Waals surface area contributed by atoms with Gasteiger partial charge in [0.25, 0.3) is 0 Å². The summed E-state index contributed by atoms with van der Waals surface area (Å²) in [6, 6.07) is 2.51. The first-order chi connectivity index (χ1) is 7.38. The molecule has 0 saturated heterocycles. The van der Waals surface area contributed by atoms with Gasteiger partial charge in [-0.25, -0.2) is 0 Å². The van der Waals surface area contributed by atoms with Crippen LogP contribution in [-0.2, 0) is 0 Å². The van der Waals surface area contributed by atoms with Crippen molar-refractivity contribution in [3.05, 3.63) is 0 Å². The Kier molecular flexibility index (Phi) is 6.92. The fraction of sp³-hybridized carbons (Fsp3) is 0.923. The van der Waals surface area contributed by atoms with Gasteiger partial charge in [0, 0.05) is 5.25 Å². The summed E-state index contributed by atoms with van der Waals surface area (Å²) < 4.78 is 0. The molecule has 0 aromatic rings. The monoisotopic (exact) mass is 225 g/mol. The summed E-state index contributed by atoms with van der Waals surface area (Å²) in [6.07, 6.45) is 10.3. The third-order valence-corrected chi connectivity index (χ3v) is 4.71. The minimum atomic E-state index is 0.333. The van der Waals surface area contributed by atoms with Crippen LogP contribution in [0, 0.1) is 17.2 Å². The molecule has 1 fully saturated rings. The Morgan fingerprint density at radius 3 is 2.73 bits per heavy atom. The summed E-state index contributed by atoms with van der Waals surface area (Å²) in [6.45, 7) is 2.24. The predicted molar refractivity (Wildman–Crippen MR) is 68.0 cm³/mol. The van der Waals surface area contributed by atoms with Crippen molar-refractivity contribution in [3.63, 3.8) is 0 Å². The topological polar surface area (TPSA) is 23.8 Å². The molecule has 0 bridgehead atoms. The molecule has 1 saturated carbocycles. The summed E-state index contributed by atoms with van der Waals surface area (Å²) in [5, 5.41) is 9.76. The lowest BCUT2D eigenvalue weighted by Gasteiger charge is -2.18. The quantitative estimate of drug-likeness (QED) is 0.512. The average Bonchev–Trinajstić information content (AvgIpc) is 2.49. The van der Waals surface area contributed by atoms with Crippen LogP contribution < -0.4 is 0 Å². The van der Waals surface area contributed by atoms with Crippen LogP contribution in [0.15, 0.2) is 0 Å². The second kappa shape index (κ2) is 8.05. The largest absolute Gasteiger partial charge is 0.198 e. The molecule has 86 valence electrons. The van der Waals surface area contributed by atoms with Crippen molar-refractivity contribution in [2.45, 2.75) is 63.5 Å². The molecule has 2 heteroatoms. The van der Waals surface area contributed by atoms with Gasteiger partial charge in [-0.15, -0.1) is 0 Å². The molecule has 2 unspecified atom stereocenters. The highest BCUT2D eigenvalue weighted by Crippen LogP contribution is 2.32. The summed E-state index contributed by atoms with van der Waals surface area (Å²) >= 11 is 2.06. The van der Waals surface area contributed by atoms with Gasteiger partial charge < -0.3 is 0 Å². The highest BCUT2D eigenvalue weighted by molar-refractivity contribution is 7.99. The van der Waals surface area contributed by atoms with Crippen LogP contribution in [0.1, 0.15) is 58.3 Å². The van der Waals surface area contributed by atoms with Crippen LogP contribution >= 0.6 is 11.8 Å². The lowest BCUT2D eigenvalue weighted by Crippen LogP contribution is -2.14. The third-order valence-electron chi connectivity index (χ3n) is 3.20. The zero-order valence-electron chi connectivity index (χ0n) is 9.87. The number of nitriles is 1. The highest BCUT2D eigenvalue weighted by Gasteiger charge is 2.23. The van der Waals surface area contributed by atoms with Gasteiger partial charge in [0.15, 0.2) is 0 Å². The average molecular weight is 225 g/mol. The Hall–Kier alpha value is -0.160. The first-order valence-electron chi connectivity index (χ1n) is 6.39. The van der Waals surface area contributed by atoms with Crippen molar-refractivity contribution in [3.8, 4) is 6.07 Å². The first-order valence-corrected chi connectivity index (χ1v) is 7.44. The fourth-order valence-electron chi connectivity index (χ4n) is 2.21. The molecule has 0 amide bonds. The van der Waals surface area contributed by atoms with Gasteiger partial charge in [0.2, 0.25) is 0 Å². The lowest BCUT2D eigenvalue weighted by atomic mass is 10.0. The molecule has 1 rings (SSSR count). The van der Waals surface area contributed by atoms with E-state index in [1.165, 1.54) is 50.7 Å². The summed E-state index contributed by atoms with van der Waals surface area (Å²) in [5.41, 5.74) is 0. The van der Waals surface area contributed by atoms with Gasteiger partial charge >= 0.3 is 0 Å². The van der Waals surface area contributed by atoms with E-state index in [0.29, 0.717) is 11.2 Å². The summed E-state index contributed by atoms with van der Waals surface area (Å²) in [4.78, 5) is 0. The van der Waals surface area contributed by atoms with Gasteiger partial charge in [0.1, 0.15) is 0 Å². The SMILES string of the molecule is CCCCCSC1CCCCCC1C#N. The van der Waals surface area contributed by atoms with E-state index in [4.69, 9.17) is 5.26 Å². The maximum Gasteiger partial charge on any atom is 0.0667 e. The van der Waals surface area contributed by atoms with Crippen LogP contribution in [0.4, 0.5) is 0 Å². The van der Waals surface area contributed by atoms with Gasteiger partial charge in [0.05, 0.1) is 12.0 Å². The minimum Gasteiger partial charge on any atom is -0.198 e. The third kappa shape index (κ3) is 4.93. The molecule has 1 aliphatic rings. The van der Waals surface area contributed by atoms with Crippen molar-refractivity contribution < 1.29 is 0 Å². The van der Waals surface area contributed by atoms with E-state index < -0.39 is 0 Å². The number of thioether (sulfide) groups is 1. The Bertz CT molecular complexity index is 197. The normalized spacial score (nSPS) is 26.9. The lowest BCUT2D eigenvalue weighted by molar-refractivity contribution is 0.584. The Balaban J connectivity index is 2.26. The smallest absolute Gasteiger partial charge is 0.0667 e. The molecule has 0 aromatic carbocycles. The van der Waals surface area contributed by atoms with Crippen LogP contribution in [0.5, 0.6) is 0 Å². The molecule has 0 spiro atoms. The van der Waals surface area contributed by atoms with Gasteiger partial charge in [-0.3, -0.25) is 0 Å². The van der Waals surface area contributed by atoms with Crippen LogP contribution in [-0.4, -0.2) is 11.0 Å². The molecule has 15 heavy (non-hydrogen) atoms. The number of hydrogen-bond acceptors (Lipinski definition) is 2. The van der Waals surface area contributed by atoms with Crippen LogP contribution in [0.25, 0.3) is 0 Å². The number of hydrogen-bond donors (Lipinski definition) is 0. The number of rotatable bonds is 5. The maximum atomic E-state index is 9.13. The fourth-order valence-corrected chi connectivity index (χ4v) is 3.64. The molecule has 0 radical (unpaired) electrons. The van der Waals surface area contributed by atoms with E-state index in [9.17, 15) is 0 Å². The van der Waals surface area contributed by atoms with Crippen molar-refractivity contribution in [1.82, 2.24) is 0 Å². The number of nitrogens with zero attached hydrogens (tertiary/aromatic N) is 1. The van der Waals surface area contributed by atoms with E-state index in [2.05, 4.69) is 24.8 Å². The molecule has 0 aromatic heterocycles. The van der Waals surface area contributed by atoms with E-state index >= 15 is 0 Å². The Labute approximate surface area is 98.6 Å². The second-order valence-corrected chi connectivity index (χ2v) is 5.84. The van der Waals surface area contributed by atoms with E-state index in [-0.39, 0.29) is 0 Å². The molecule has 1 aliphatic carbocycles. The van der Waals surface area contributed by atoms with Crippen molar-refractivity contribution in [1.29, 1.82) is 5.26 Å². The second-order valence-electron chi connectivity index (χ2n) is 4.49. The zero-order chi connectivity index (χ0) is 10.9. The Morgan fingerprint density at radius 1 is 1.20 bits per heavy atom. The predicted octanol–water partition coefficient (Wildman–Crippen LogP) is 4.38. The van der Waals surface area contributed by atoms with Gasteiger partial charge in [-0.2, -0.15) is 17.0 Å². The van der Waals surface area contributed by atoms with E-state index in [0.717, 1.165) is 6.42 Å². The van der Waals surface area contributed by atoms with Crippen LogP contribution in [0.2, 0.25) is 0 Å². The Morgan fingerprint density at radius 2 is 2.00 bits per heavy atom. The summed E-state index contributed by atoms with van der Waals surface area (Å²) in [5.74, 6) is 1.59. The van der Waals surface area contributed by atoms with E-state index in [1.807, 2.05) is 0 Å². The van der Waals surface area contributed by atoms with Crippen LogP contribution in [0.3, 0.4) is 0 Å². The number of unbranched alkanes of at least 4 members (excludes halogenated alkanes) is 2. The minimum absolute atomic E-state index is 0.333. The molecule has 0 N–H and O–H groups in total. The van der Waals surface area contributed by atoms with Crippen molar-refractivity contribution in [2.24, 2.45) is 5.92 Å².